The molecule has 0 bridgehead atoms. The molecule has 0 unspecified atom stereocenters. The van der Waals surface area contributed by atoms with Gasteiger partial charge in [0, 0.05) is 55.3 Å². The minimum absolute atomic E-state index is 0.117. The molecule has 0 radical (unpaired) electrons. The molecule has 0 saturated carbocycles. The molecule has 13 rings (SSSR count). The zero-order valence-electron chi connectivity index (χ0n) is 34.8. The Hall–Kier alpha value is -8.08. The average molecular weight is 809 g/mol. The van der Waals surface area contributed by atoms with Crippen LogP contribution in [0.15, 0.2) is 215 Å². The summed E-state index contributed by atoms with van der Waals surface area (Å²) < 4.78 is 15.2. The normalized spacial score (nSPS) is 13.0. The van der Waals surface area contributed by atoms with E-state index >= 15 is 0 Å². The van der Waals surface area contributed by atoms with Gasteiger partial charge in [-0.2, -0.15) is 0 Å². The summed E-state index contributed by atoms with van der Waals surface area (Å²) in [6.07, 6.45) is 0. The van der Waals surface area contributed by atoms with Crippen molar-refractivity contribution in [3.8, 4) is 39.3 Å². The summed E-state index contributed by atoms with van der Waals surface area (Å²) >= 11 is 0. The first kappa shape index (κ1) is 35.7. The predicted octanol–water partition coefficient (Wildman–Crippen LogP) is 16.5. The third kappa shape index (κ3) is 5.41. The van der Waals surface area contributed by atoms with E-state index in [4.69, 9.17) is 8.83 Å². The van der Waals surface area contributed by atoms with E-state index in [0.29, 0.717) is 0 Å². The number of fused-ring (bicyclic) bond motifs is 11. The van der Waals surface area contributed by atoms with Crippen LogP contribution in [0.25, 0.3) is 94.0 Å². The van der Waals surface area contributed by atoms with Gasteiger partial charge in [0.25, 0.3) is 0 Å². The highest BCUT2D eigenvalue weighted by Gasteiger charge is 2.35. The minimum atomic E-state index is -0.117. The SMILES string of the molecule is CC1(C)c2ccccc2-c2ccc(N(c3ccc(-c4ccc(-n5c6ccccc6c6c7oc8ccccc8c7ccc65)cc4)cc3)c3ccc(-c4cc5ccccc5o4)cc3)cc21. The zero-order chi connectivity index (χ0) is 41.8. The monoisotopic (exact) mass is 808 g/mol. The molecule has 0 spiro atoms. The molecule has 1 aliphatic carbocycles. The predicted molar refractivity (Wildman–Crippen MR) is 261 cm³/mol. The Morgan fingerprint density at radius 3 is 1.83 bits per heavy atom. The first-order valence-electron chi connectivity index (χ1n) is 21.7. The Morgan fingerprint density at radius 2 is 1.05 bits per heavy atom. The van der Waals surface area contributed by atoms with Crippen LogP contribution in [0.5, 0.6) is 0 Å². The van der Waals surface area contributed by atoms with Gasteiger partial charge in [0.1, 0.15) is 22.5 Å². The van der Waals surface area contributed by atoms with Crippen LogP contribution in [0.2, 0.25) is 0 Å². The summed E-state index contributed by atoms with van der Waals surface area (Å²) in [4.78, 5) is 2.37. The topological polar surface area (TPSA) is 34.5 Å². The van der Waals surface area contributed by atoms with Gasteiger partial charge in [-0.1, -0.05) is 123 Å². The molecule has 0 aliphatic heterocycles. The van der Waals surface area contributed by atoms with E-state index in [1.165, 1.54) is 27.6 Å². The fourth-order valence-electron chi connectivity index (χ4n) is 10.3. The maximum absolute atomic E-state index is 6.54. The molecule has 12 aromatic rings. The van der Waals surface area contributed by atoms with Gasteiger partial charge in [0.2, 0.25) is 0 Å². The average Bonchev–Trinajstić information content (AvgIpc) is 4.08. The van der Waals surface area contributed by atoms with E-state index in [2.05, 4.69) is 205 Å². The van der Waals surface area contributed by atoms with Gasteiger partial charge in [-0.15, -0.1) is 0 Å². The second-order valence-corrected chi connectivity index (χ2v) is 17.3. The highest BCUT2D eigenvalue weighted by molar-refractivity contribution is 6.23. The lowest BCUT2D eigenvalue weighted by Crippen LogP contribution is -2.16. The summed E-state index contributed by atoms with van der Waals surface area (Å²) in [6, 6.07) is 74.1. The molecule has 0 atom stereocenters. The molecule has 3 aromatic heterocycles. The van der Waals surface area contributed by atoms with Crippen molar-refractivity contribution >= 4 is 71.8 Å². The summed E-state index contributed by atoms with van der Waals surface area (Å²) in [5.74, 6) is 0.864. The lowest BCUT2D eigenvalue weighted by Gasteiger charge is -2.28. The number of para-hydroxylation sites is 3. The highest BCUT2D eigenvalue weighted by atomic mass is 16.3. The molecule has 298 valence electrons. The van der Waals surface area contributed by atoms with Crippen molar-refractivity contribution in [1.29, 1.82) is 0 Å². The lowest BCUT2D eigenvalue weighted by atomic mass is 9.82. The van der Waals surface area contributed by atoms with Crippen molar-refractivity contribution in [2.45, 2.75) is 19.3 Å². The van der Waals surface area contributed by atoms with E-state index < -0.39 is 0 Å². The van der Waals surface area contributed by atoms with Crippen molar-refractivity contribution in [1.82, 2.24) is 4.57 Å². The van der Waals surface area contributed by atoms with E-state index in [-0.39, 0.29) is 5.41 Å². The van der Waals surface area contributed by atoms with Crippen LogP contribution in [-0.2, 0) is 5.41 Å². The van der Waals surface area contributed by atoms with E-state index in [1.807, 2.05) is 24.3 Å². The first-order chi connectivity index (χ1) is 31.0. The van der Waals surface area contributed by atoms with E-state index in [1.54, 1.807) is 0 Å². The zero-order valence-corrected chi connectivity index (χ0v) is 34.8. The van der Waals surface area contributed by atoms with Gasteiger partial charge in [0.15, 0.2) is 0 Å². The molecular formula is C59H40N2O2. The van der Waals surface area contributed by atoms with Gasteiger partial charge in [-0.3, -0.25) is 0 Å². The molecule has 1 aliphatic rings. The molecule has 4 nitrogen and oxygen atoms in total. The lowest BCUT2D eigenvalue weighted by molar-refractivity contribution is 0.631. The Morgan fingerprint density at radius 1 is 0.429 bits per heavy atom. The van der Waals surface area contributed by atoms with E-state index in [0.717, 1.165) is 94.5 Å². The standard InChI is InChI=1S/C59H40N2O2/c1-59(2)50-15-7-4-12-45(50)46-32-31-44(36-51(46)59)60(42-29-23-39(24-30-42)56-35-40-11-3-9-17-54(40)62-56)41-25-19-37(20-26-41)38-21-27-43(28-22-38)61-52-16-8-5-14-49(52)57-53(61)34-33-48-47-13-6-10-18-55(47)63-58(48)57/h3-36H,1-2H3. The quantitative estimate of drug-likeness (QED) is 0.168. The van der Waals surface area contributed by atoms with Gasteiger partial charge in [-0.05, 0) is 130 Å². The second kappa shape index (κ2) is 13.5. The van der Waals surface area contributed by atoms with Crippen LogP contribution < -0.4 is 4.90 Å². The van der Waals surface area contributed by atoms with Crippen LogP contribution in [0.1, 0.15) is 25.0 Å². The summed E-state index contributed by atoms with van der Waals surface area (Å²) in [5.41, 5.74) is 18.0. The van der Waals surface area contributed by atoms with Crippen LogP contribution >= 0.6 is 0 Å². The molecule has 63 heavy (non-hydrogen) atoms. The molecular weight excluding hydrogens is 769 g/mol. The fraction of sp³-hybridized carbons (Fsp3) is 0.0508. The fourth-order valence-corrected chi connectivity index (χ4v) is 10.3. The summed E-state index contributed by atoms with van der Waals surface area (Å²) in [7, 11) is 0. The number of furan rings is 2. The van der Waals surface area contributed by atoms with Crippen molar-refractivity contribution < 1.29 is 8.83 Å². The van der Waals surface area contributed by atoms with E-state index in [9.17, 15) is 0 Å². The Balaban J connectivity index is 0.876. The molecule has 0 saturated heterocycles. The molecule has 0 amide bonds. The van der Waals surface area contributed by atoms with Gasteiger partial charge >= 0.3 is 0 Å². The Bertz CT molecular complexity index is 3720. The van der Waals surface area contributed by atoms with Crippen molar-refractivity contribution in [2.75, 3.05) is 4.90 Å². The van der Waals surface area contributed by atoms with Crippen molar-refractivity contribution in [3.63, 3.8) is 0 Å². The summed E-state index contributed by atoms with van der Waals surface area (Å²) in [5, 5.41) is 5.71. The number of benzene rings is 9. The smallest absolute Gasteiger partial charge is 0.145 e. The van der Waals surface area contributed by atoms with Gasteiger partial charge in [-0.25, -0.2) is 0 Å². The summed E-state index contributed by atoms with van der Waals surface area (Å²) in [6.45, 7) is 4.68. The first-order valence-corrected chi connectivity index (χ1v) is 21.7. The number of rotatable bonds is 6. The van der Waals surface area contributed by atoms with Gasteiger partial charge in [0.05, 0.1) is 16.4 Å². The third-order valence-corrected chi connectivity index (χ3v) is 13.4. The number of aromatic nitrogens is 1. The minimum Gasteiger partial charge on any atom is -0.456 e. The number of anilines is 3. The third-order valence-electron chi connectivity index (χ3n) is 13.4. The Labute approximate surface area is 364 Å². The number of hydrogen-bond acceptors (Lipinski definition) is 3. The largest absolute Gasteiger partial charge is 0.456 e. The molecule has 0 N–H and O–H groups in total. The van der Waals surface area contributed by atoms with Gasteiger partial charge < -0.3 is 18.3 Å². The molecule has 9 aromatic carbocycles. The van der Waals surface area contributed by atoms with Crippen LogP contribution in [0.4, 0.5) is 17.1 Å². The number of nitrogens with zero attached hydrogens (tertiary/aromatic N) is 2. The Kier molecular flexibility index (Phi) is 7.62. The molecule has 4 heteroatoms. The maximum atomic E-state index is 6.54. The molecule has 0 fully saturated rings. The highest BCUT2D eigenvalue weighted by Crippen LogP contribution is 2.51. The second-order valence-electron chi connectivity index (χ2n) is 17.3. The number of hydrogen-bond donors (Lipinski definition) is 0. The van der Waals surface area contributed by atoms with Crippen LogP contribution in [0.3, 0.4) is 0 Å². The van der Waals surface area contributed by atoms with Crippen molar-refractivity contribution in [2.24, 2.45) is 0 Å². The maximum Gasteiger partial charge on any atom is 0.145 e. The molecule has 3 heterocycles. The van der Waals surface area contributed by atoms with Crippen molar-refractivity contribution in [3.05, 3.63) is 217 Å². The van der Waals surface area contributed by atoms with Crippen LogP contribution in [-0.4, -0.2) is 4.57 Å². The van der Waals surface area contributed by atoms with Crippen LogP contribution in [0, 0.1) is 0 Å².